The van der Waals surface area contributed by atoms with Crippen molar-refractivity contribution in [1.82, 2.24) is 0 Å². The van der Waals surface area contributed by atoms with Crippen LogP contribution in [0.3, 0.4) is 0 Å². The topological polar surface area (TPSA) is 89.8 Å². The summed E-state index contributed by atoms with van der Waals surface area (Å²) in [6.07, 6.45) is 0.0800. The molecule has 0 aromatic heterocycles. The quantitative estimate of drug-likeness (QED) is 0.820. The van der Waals surface area contributed by atoms with Gasteiger partial charge in [-0.15, -0.1) is 0 Å². The maximum absolute atomic E-state index is 12.4. The van der Waals surface area contributed by atoms with Gasteiger partial charge >= 0.3 is 0 Å². The third kappa shape index (κ3) is 4.16. The van der Waals surface area contributed by atoms with Gasteiger partial charge in [0.15, 0.2) is 11.5 Å². The van der Waals surface area contributed by atoms with E-state index in [-0.39, 0.29) is 12.3 Å². The van der Waals surface area contributed by atoms with Crippen molar-refractivity contribution in [3.63, 3.8) is 0 Å². The van der Waals surface area contributed by atoms with Crippen molar-refractivity contribution in [2.45, 2.75) is 6.42 Å². The van der Waals surface area contributed by atoms with Gasteiger partial charge < -0.3 is 24.3 Å². The summed E-state index contributed by atoms with van der Waals surface area (Å²) in [6, 6.07) is 10.3. The Morgan fingerprint density at radius 3 is 2.08 bits per heavy atom. The number of benzene rings is 2. The summed E-state index contributed by atoms with van der Waals surface area (Å²) < 4.78 is 21.1. The Kier molecular flexibility index (Phi) is 6.28. The lowest BCUT2D eigenvalue weighted by molar-refractivity contribution is -0.115. The summed E-state index contributed by atoms with van der Waals surface area (Å²) in [4.78, 5) is 12.4. The molecule has 0 aliphatic carbocycles. The molecule has 0 saturated heterocycles. The molecule has 7 heteroatoms. The molecule has 1 amide bonds. The van der Waals surface area contributed by atoms with E-state index in [1.165, 1.54) is 28.4 Å². The highest BCUT2D eigenvalue weighted by Gasteiger charge is 2.16. The summed E-state index contributed by atoms with van der Waals surface area (Å²) in [5.74, 6) is 1.61. The average Bonchev–Trinajstić information content (AvgIpc) is 2.66. The van der Waals surface area contributed by atoms with E-state index in [2.05, 4.69) is 5.32 Å². The fourth-order valence-corrected chi connectivity index (χ4v) is 2.49. The minimum Gasteiger partial charge on any atom is -0.495 e. The van der Waals surface area contributed by atoms with Crippen molar-refractivity contribution < 1.29 is 23.7 Å². The molecule has 0 saturated carbocycles. The van der Waals surface area contributed by atoms with Gasteiger partial charge in [-0.05, 0) is 35.9 Å². The van der Waals surface area contributed by atoms with Gasteiger partial charge in [0.2, 0.25) is 11.7 Å². The van der Waals surface area contributed by atoms with Gasteiger partial charge in [0.25, 0.3) is 0 Å². The zero-order valence-electron chi connectivity index (χ0n) is 15.1. The zero-order chi connectivity index (χ0) is 19.1. The van der Waals surface area contributed by atoms with E-state index >= 15 is 0 Å². The van der Waals surface area contributed by atoms with E-state index in [0.717, 1.165) is 0 Å². The predicted molar refractivity (Wildman–Crippen MR) is 96.1 cm³/mol. The monoisotopic (exact) mass is 356 g/mol. The number of rotatable bonds is 7. The highest BCUT2D eigenvalue weighted by Crippen LogP contribution is 2.38. The van der Waals surface area contributed by atoms with Gasteiger partial charge in [-0.2, -0.15) is 5.26 Å². The maximum atomic E-state index is 12.4. The van der Waals surface area contributed by atoms with E-state index in [9.17, 15) is 4.79 Å². The van der Waals surface area contributed by atoms with Crippen molar-refractivity contribution in [2.24, 2.45) is 0 Å². The molecule has 2 aromatic rings. The number of anilines is 1. The number of nitrogens with zero attached hydrogens (tertiary/aromatic N) is 1. The standard InChI is InChI=1S/C19H20N2O5/c1-23-15-6-5-12(11-20)7-14(15)21-18(22)10-13-8-16(24-2)19(26-4)17(9-13)25-3/h5-9H,10H2,1-4H3,(H,21,22). The van der Waals surface area contributed by atoms with Gasteiger partial charge in [0.05, 0.1) is 52.2 Å². The number of hydrogen-bond acceptors (Lipinski definition) is 6. The second-order valence-corrected chi connectivity index (χ2v) is 5.29. The first-order chi connectivity index (χ1) is 12.6. The lowest BCUT2D eigenvalue weighted by Gasteiger charge is -2.14. The van der Waals surface area contributed by atoms with Crippen molar-refractivity contribution >= 4 is 11.6 Å². The molecule has 1 N–H and O–H groups in total. The number of nitrogens with one attached hydrogen (secondary N) is 1. The molecule has 7 nitrogen and oxygen atoms in total. The second kappa shape index (κ2) is 8.62. The first-order valence-electron chi connectivity index (χ1n) is 7.73. The van der Waals surface area contributed by atoms with Gasteiger partial charge in [0, 0.05) is 0 Å². The summed E-state index contributed by atoms with van der Waals surface area (Å²) in [5, 5.41) is 11.8. The van der Waals surface area contributed by atoms with Crippen LogP contribution in [0, 0.1) is 11.3 Å². The van der Waals surface area contributed by atoms with Crippen LogP contribution in [0.4, 0.5) is 5.69 Å². The third-order valence-electron chi connectivity index (χ3n) is 3.69. The van der Waals surface area contributed by atoms with Crippen molar-refractivity contribution in [3.05, 3.63) is 41.5 Å². The molecular weight excluding hydrogens is 336 g/mol. The van der Waals surface area contributed by atoms with Crippen LogP contribution in [-0.2, 0) is 11.2 Å². The minimum atomic E-state index is -0.271. The Labute approximate surface area is 152 Å². The molecule has 2 rings (SSSR count). The summed E-state index contributed by atoms with van der Waals surface area (Å²) in [5.41, 5.74) is 1.55. The van der Waals surface area contributed by atoms with Crippen LogP contribution in [-0.4, -0.2) is 34.3 Å². The number of ether oxygens (including phenoxy) is 4. The highest BCUT2D eigenvalue weighted by atomic mass is 16.5. The number of hydrogen-bond donors (Lipinski definition) is 1. The molecular formula is C19H20N2O5. The molecule has 0 fully saturated rings. The van der Waals surface area contributed by atoms with Crippen LogP contribution in [0.2, 0.25) is 0 Å². The molecule has 2 aromatic carbocycles. The Balaban J connectivity index is 2.24. The van der Waals surface area contributed by atoms with Gasteiger partial charge in [-0.25, -0.2) is 0 Å². The molecule has 0 spiro atoms. The Hall–Kier alpha value is -3.40. The van der Waals surface area contributed by atoms with Gasteiger partial charge in [-0.3, -0.25) is 4.79 Å². The minimum absolute atomic E-state index is 0.0800. The summed E-state index contributed by atoms with van der Waals surface area (Å²) >= 11 is 0. The molecule has 0 bridgehead atoms. The van der Waals surface area contributed by atoms with Crippen LogP contribution in [0.5, 0.6) is 23.0 Å². The van der Waals surface area contributed by atoms with Crippen LogP contribution in [0.25, 0.3) is 0 Å². The largest absolute Gasteiger partial charge is 0.495 e. The molecule has 0 atom stereocenters. The average molecular weight is 356 g/mol. The predicted octanol–water partition coefficient (Wildman–Crippen LogP) is 2.77. The van der Waals surface area contributed by atoms with E-state index in [0.29, 0.717) is 39.8 Å². The van der Waals surface area contributed by atoms with E-state index in [1.54, 1.807) is 30.3 Å². The second-order valence-electron chi connectivity index (χ2n) is 5.29. The highest BCUT2D eigenvalue weighted by molar-refractivity contribution is 5.94. The normalized spacial score (nSPS) is 9.81. The maximum Gasteiger partial charge on any atom is 0.228 e. The molecule has 0 unspecified atom stereocenters. The van der Waals surface area contributed by atoms with Crippen LogP contribution in [0.15, 0.2) is 30.3 Å². The van der Waals surface area contributed by atoms with Crippen LogP contribution >= 0.6 is 0 Å². The number of methoxy groups -OCH3 is 4. The summed E-state index contributed by atoms with van der Waals surface area (Å²) in [7, 11) is 6.04. The smallest absolute Gasteiger partial charge is 0.228 e. The Morgan fingerprint density at radius 1 is 0.962 bits per heavy atom. The van der Waals surface area contributed by atoms with Crippen LogP contribution in [0.1, 0.15) is 11.1 Å². The molecule has 26 heavy (non-hydrogen) atoms. The number of carbonyl (C=O) groups excluding carboxylic acids is 1. The van der Waals surface area contributed by atoms with Crippen molar-refractivity contribution in [3.8, 4) is 29.1 Å². The molecule has 0 aliphatic rings. The molecule has 0 radical (unpaired) electrons. The van der Waals surface area contributed by atoms with Crippen LogP contribution < -0.4 is 24.3 Å². The summed E-state index contributed by atoms with van der Waals surface area (Å²) in [6.45, 7) is 0. The van der Waals surface area contributed by atoms with E-state index in [4.69, 9.17) is 24.2 Å². The fourth-order valence-electron chi connectivity index (χ4n) is 2.49. The number of carbonyl (C=O) groups is 1. The van der Waals surface area contributed by atoms with E-state index < -0.39 is 0 Å². The molecule has 0 aliphatic heterocycles. The molecule has 136 valence electrons. The SMILES string of the molecule is COc1ccc(C#N)cc1NC(=O)Cc1cc(OC)c(OC)c(OC)c1. The van der Waals surface area contributed by atoms with Crippen molar-refractivity contribution in [1.29, 1.82) is 5.26 Å². The lowest BCUT2D eigenvalue weighted by atomic mass is 10.1. The zero-order valence-corrected chi connectivity index (χ0v) is 15.1. The number of amides is 1. The first-order valence-corrected chi connectivity index (χ1v) is 7.73. The fraction of sp³-hybridized carbons (Fsp3) is 0.263. The van der Waals surface area contributed by atoms with E-state index in [1.807, 2.05) is 6.07 Å². The van der Waals surface area contributed by atoms with Gasteiger partial charge in [0.1, 0.15) is 5.75 Å². The van der Waals surface area contributed by atoms with Gasteiger partial charge in [-0.1, -0.05) is 0 Å². The third-order valence-corrected chi connectivity index (χ3v) is 3.69. The molecule has 0 heterocycles. The number of nitriles is 1. The van der Waals surface area contributed by atoms with Crippen molar-refractivity contribution in [2.75, 3.05) is 33.8 Å². The first kappa shape index (κ1) is 18.9. The lowest BCUT2D eigenvalue weighted by Crippen LogP contribution is -2.15. The Morgan fingerprint density at radius 2 is 1.58 bits per heavy atom. The Bertz CT molecular complexity index is 817.